The molecule has 0 aromatic heterocycles. The average Bonchev–Trinajstić information content (AvgIpc) is 2.43. The molecule has 2 aromatic carbocycles. The number of hydrogen-bond acceptors (Lipinski definition) is 3. The van der Waals surface area contributed by atoms with E-state index in [1.807, 2.05) is 0 Å². The third-order valence-corrected chi connectivity index (χ3v) is 2.99. The van der Waals surface area contributed by atoms with Crippen LogP contribution in [0.1, 0.15) is 15.9 Å². The van der Waals surface area contributed by atoms with Crippen LogP contribution in [0.15, 0.2) is 30.3 Å². The highest BCUT2D eigenvalue weighted by Crippen LogP contribution is 2.41. The van der Waals surface area contributed by atoms with Crippen LogP contribution in [-0.4, -0.2) is 24.2 Å². The van der Waals surface area contributed by atoms with E-state index in [4.69, 9.17) is 9.84 Å². The highest BCUT2D eigenvalue weighted by Gasteiger charge is 2.36. The summed E-state index contributed by atoms with van der Waals surface area (Å²) >= 11 is 0. The predicted molar refractivity (Wildman–Crippen MR) is 71.0 cm³/mol. The average molecular weight is 313 g/mol. The second-order valence-electron chi connectivity index (χ2n) is 4.30. The van der Waals surface area contributed by atoms with Gasteiger partial charge in [-0.15, -0.1) is 0 Å². The number of rotatable bonds is 2. The van der Waals surface area contributed by atoms with Crippen LogP contribution in [0.5, 0.6) is 5.75 Å². The van der Waals surface area contributed by atoms with Crippen molar-refractivity contribution in [3.8, 4) is 5.75 Å². The lowest BCUT2D eigenvalue weighted by molar-refractivity contribution is -0.137. The summed E-state index contributed by atoms with van der Waals surface area (Å²) < 4.78 is 44.4. The Balaban J connectivity index is 2.75. The number of alkyl halides is 3. The summed E-state index contributed by atoms with van der Waals surface area (Å²) in [5.41, 5.74) is -1.19. The monoisotopic (exact) mass is 313 g/mol. The quantitative estimate of drug-likeness (QED) is 0.892. The number of ether oxygens (including phenoxy) is 1. The third kappa shape index (κ3) is 2.80. The molecule has 0 fully saturated rings. The van der Waals surface area contributed by atoms with Crippen LogP contribution in [-0.2, 0) is 6.18 Å². The van der Waals surface area contributed by atoms with Gasteiger partial charge in [0.15, 0.2) is 0 Å². The molecule has 5 nitrogen and oxygen atoms in total. The van der Waals surface area contributed by atoms with E-state index in [-0.39, 0.29) is 22.1 Å². The van der Waals surface area contributed by atoms with Gasteiger partial charge in [-0.05, 0) is 29.0 Å². The molecule has 0 radical (unpaired) electrons. The zero-order chi connectivity index (χ0) is 16.5. The Hall–Kier alpha value is -2.77. The molecule has 2 N–H and O–H groups in total. The molecule has 0 aliphatic heterocycles. The van der Waals surface area contributed by atoms with Crippen molar-refractivity contribution in [1.29, 1.82) is 0 Å². The van der Waals surface area contributed by atoms with Crippen LogP contribution < -0.4 is 10.1 Å². The van der Waals surface area contributed by atoms with Crippen molar-refractivity contribution in [3.63, 3.8) is 0 Å². The van der Waals surface area contributed by atoms with Gasteiger partial charge in [-0.25, -0.2) is 4.79 Å². The third-order valence-electron chi connectivity index (χ3n) is 2.99. The van der Waals surface area contributed by atoms with E-state index in [2.05, 4.69) is 0 Å². The summed E-state index contributed by atoms with van der Waals surface area (Å²) in [6.07, 6.45) is -6.28. The molecular weight excluding hydrogens is 303 g/mol. The fourth-order valence-corrected chi connectivity index (χ4v) is 2.16. The number of carboxylic acid groups (broad SMARTS) is 1. The maximum atomic E-state index is 13.2. The molecule has 0 aliphatic rings. The Morgan fingerprint density at radius 2 is 1.82 bits per heavy atom. The molecule has 0 saturated carbocycles. The first-order valence-corrected chi connectivity index (χ1v) is 5.97. The Labute approximate surface area is 122 Å². The SMILES string of the molecule is COc1ccc2c(C(=O)NC(=O)O)cccc2c1C(F)(F)F. The van der Waals surface area contributed by atoms with E-state index in [1.54, 1.807) is 5.32 Å². The van der Waals surface area contributed by atoms with Crippen LogP contribution >= 0.6 is 0 Å². The molecule has 2 rings (SSSR count). The number of hydrogen-bond donors (Lipinski definition) is 2. The zero-order valence-corrected chi connectivity index (χ0v) is 11.2. The van der Waals surface area contributed by atoms with Gasteiger partial charge >= 0.3 is 12.3 Å². The number of nitrogens with one attached hydrogen (secondary N) is 1. The number of methoxy groups -OCH3 is 1. The standard InChI is InChI=1S/C14H10F3NO4/c1-22-10-6-5-7-8(11(10)14(15,16)17)3-2-4-9(7)12(19)18-13(20)21/h2-6H,1H3,(H,18,19)(H,20,21). The van der Waals surface area contributed by atoms with Crippen molar-refractivity contribution >= 4 is 22.8 Å². The summed E-state index contributed by atoms with van der Waals surface area (Å²) in [5.74, 6) is -1.38. The minimum Gasteiger partial charge on any atom is -0.496 e. The van der Waals surface area contributed by atoms with E-state index >= 15 is 0 Å². The maximum absolute atomic E-state index is 13.2. The largest absolute Gasteiger partial charge is 0.496 e. The lowest BCUT2D eigenvalue weighted by atomic mass is 9.98. The van der Waals surface area contributed by atoms with Crippen molar-refractivity contribution in [2.75, 3.05) is 7.11 Å². The molecule has 116 valence electrons. The molecule has 2 amide bonds. The van der Waals surface area contributed by atoms with Gasteiger partial charge in [0.2, 0.25) is 0 Å². The summed E-state index contributed by atoms with van der Waals surface area (Å²) in [6.45, 7) is 0. The minimum atomic E-state index is -4.69. The fourth-order valence-electron chi connectivity index (χ4n) is 2.16. The Morgan fingerprint density at radius 1 is 1.14 bits per heavy atom. The first kappa shape index (κ1) is 15.6. The molecule has 0 unspecified atom stereocenters. The van der Waals surface area contributed by atoms with Gasteiger partial charge in [-0.3, -0.25) is 10.1 Å². The summed E-state index contributed by atoms with van der Waals surface area (Å²) in [4.78, 5) is 22.3. The van der Waals surface area contributed by atoms with Crippen molar-refractivity contribution < 1.29 is 32.6 Å². The molecule has 0 bridgehead atoms. The minimum absolute atomic E-state index is 0.0191. The van der Waals surface area contributed by atoms with Crippen LogP contribution in [0, 0.1) is 0 Å². The van der Waals surface area contributed by atoms with E-state index in [1.165, 1.54) is 24.3 Å². The first-order chi connectivity index (χ1) is 10.3. The summed E-state index contributed by atoms with van der Waals surface area (Å²) in [5, 5.41) is 9.89. The maximum Gasteiger partial charge on any atom is 0.420 e. The first-order valence-electron chi connectivity index (χ1n) is 5.97. The van der Waals surface area contributed by atoms with Crippen LogP contribution in [0.2, 0.25) is 0 Å². The van der Waals surface area contributed by atoms with Crippen molar-refractivity contribution in [2.45, 2.75) is 6.18 Å². The lowest BCUT2D eigenvalue weighted by Gasteiger charge is -2.16. The van der Waals surface area contributed by atoms with Gasteiger partial charge in [0.05, 0.1) is 7.11 Å². The van der Waals surface area contributed by atoms with Crippen LogP contribution in [0.4, 0.5) is 18.0 Å². The number of carbonyl (C=O) groups excluding carboxylic acids is 1. The molecule has 2 aromatic rings. The molecule has 0 atom stereocenters. The van der Waals surface area contributed by atoms with Crippen molar-refractivity contribution in [3.05, 3.63) is 41.5 Å². The molecule has 0 saturated heterocycles. The summed E-state index contributed by atoms with van der Waals surface area (Å²) in [6, 6.07) is 6.04. The summed E-state index contributed by atoms with van der Waals surface area (Å²) in [7, 11) is 1.11. The molecule has 22 heavy (non-hydrogen) atoms. The smallest absolute Gasteiger partial charge is 0.420 e. The van der Waals surface area contributed by atoms with E-state index in [0.29, 0.717) is 0 Å². The van der Waals surface area contributed by atoms with Crippen LogP contribution in [0.3, 0.4) is 0 Å². The van der Waals surface area contributed by atoms with Crippen molar-refractivity contribution in [2.24, 2.45) is 0 Å². The Kier molecular flexibility index (Phi) is 3.94. The molecule has 0 spiro atoms. The Morgan fingerprint density at radius 3 is 2.36 bits per heavy atom. The number of halogens is 3. The normalized spacial score (nSPS) is 11.3. The van der Waals surface area contributed by atoms with E-state index < -0.39 is 23.7 Å². The van der Waals surface area contributed by atoms with Gasteiger partial charge in [-0.1, -0.05) is 12.1 Å². The molecule has 8 heteroatoms. The van der Waals surface area contributed by atoms with E-state index in [0.717, 1.165) is 13.2 Å². The van der Waals surface area contributed by atoms with E-state index in [9.17, 15) is 22.8 Å². The topological polar surface area (TPSA) is 75.6 Å². The molecular formula is C14H10F3NO4. The zero-order valence-electron chi connectivity index (χ0n) is 11.2. The number of carbonyl (C=O) groups is 2. The lowest BCUT2D eigenvalue weighted by Crippen LogP contribution is -2.28. The number of benzene rings is 2. The fraction of sp³-hybridized carbons (Fsp3) is 0.143. The van der Waals surface area contributed by atoms with Gasteiger partial charge in [-0.2, -0.15) is 13.2 Å². The van der Waals surface area contributed by atoms with Gasteiger partial charge in [0, 0.05) is 5.56 Å². The van der Waals surface area contributed by atoms with Gasteiger partial charge in [0.1, 0.15) is 11.3 Å². The van der Waals surface area contributed by atoms with Gasteiger partial charge < -0.3 is 9.84 Å². The predicted octanol–water partition coefficient (Wildman–Crippen LogP) is 3.28. The highest BCUT2D eigenvalue weighted by atomic mass is 19.4. The number of amides is 2. The number of imide groups is 1. The van der Waals surface area contributed by atoms with Gasteiger partial charge in [0.25, 0.3) is 5.91 Å². The molecule has 0 aliphatic carbocycles. The Bertz CT molecular complexity index is 756. The van der Waals surface area contributed by atoms with Crippen LogP contribution in [0.25, 0.3) is 10.8 Å². The highest BCUT2D eigenvalue weighted by molar-refractivity contribution is 6.11. The number of fused-ring (bicyclic) bond motifs is 1. The molecule has 0 heterocycles. The second kappa shape index (κ2) is 5.55. The van der Waals surface area contributed by atoms with Crippen molar-refractivity contribution in [1.82, 2.24) is 5.32 Å². The second-order valence-corrected chi connectivity index (χ2v) is 4.30.